The predicted molar refractivity (Wildman–Crippen MR) is 74.5 cm³/mol. The lowest BCUT2D eigenvalue weighted by molar-refractivity contribution is 0.245. The number of benzene rings is 1. The van der Waals surface area contributed by atoms with Crippen LogP contribution >= 0.6 is 0 Å². The fourth-order valence-corrected chi connectivity index (χ4v) is 2.25. The van der Waals surface area contributed by atoms with E-state index in [1.165, 1.54) is 0 Å². The van der Waals surface area contributed by atoms with E-state index in [9.17, 15) is 10.2 Å². The zero-order valence-electron chi connectivity index (χ0n) is 10.9. The zero-order valence-corrected chi connectivity index (χ0v) is 10.9. The van der Waals surface area contributed by atoms with Crippen molar-refractivity contribution in [2.75, 3.05) is 13.7 Å². The number of pyridine rings is 1. The number of likely N-dealkylation sites (N-methyl/N-ethyl adjacent to an activating group) is 1. The highest BCUT2D eigenvalue weighted by molar-refractivity contribution is 5.68. The fraction of sp³-hybridized carbons (Fsp3) is 0.267. The zero-order chi connectivity index (χ0) is 13.7. The molecule has 0 aliphatic carbocycles. The minimum absolute atomic E-state index is 0.0139. The molecule has 0 saturated heterocycles. The third kappa shape index (κ3) is 2.81. The van der Waals surface area contributed by atoms with Gasteiger partial charge in [0, 0.05) is 18.0 Å². The van der Waals surface area contributed by atoms with Crippen LogP contribution in [0.2, 0.25) is 0 Å². The first-order valence-corrected chi connectivity index (χ1v) is 6.23. The van der Waals surface area contributed by atoms with Crippen LogP contribution in [0.3, 0.4) is 0 Å². The van der Waals surface area contributed by atoms with Crippen molar-refractivity contribution in [2.24, 2.45) is 0 Å². The molecule has 0 aliphatic rings. The minimum Gasteiger partial charge on any atom is -0.394 e. The number of aliphatic hydroxyl groups is 2. The van der Waals surface area contributed by atoms with Gasteiger partial charge in [-0.3, -0.25) is 4.98 Å². The molecule has 1 aromatic heterocycles. The smallest absolute Gasteiger partial charge is 0.0691 e. The first-order chi connectivity index (χ1) is 9.31. The van der Waals surface area contributed by atoms with Crippen LogP contribution in [0, 0.1) is 0 Å². The Morgan fingerprint density at radius 3 is 2.63 bits per heavy atom. The number of aliphatic hydroxyl groups excluding tert-OH is 2. The topological polar surface area (TPSA) is 65.4 Å². The number of aromatic nitrogens is 1. The van der Waals surface area contributed by atoms with Gasteiger partial charge in [0.1, 0.15) is 0 Å². The normalized spacial score (nSPS) is 12.4. The molecular formula is C15H18N2O2. The highest BCUT2D eigenvalue weighted by Gasteiger charge is 2.15. The average Bonchev–Trinajstić information content (AvgIpc) is 2.49. The second-order valence-electron chi connectivity index (χ2n) is 4.30. The molecule has 0 amide bonds. The van der Waals surface area contributed by atoms with Gasteiger partial charge < -0.3 is 15.5 Å². The van der Waals surface area contributed by atoms with E-state index in [-0.39, 0.29) is 19.3 Å². The van der Waals surface area contributed by atoms with E-state index in [1.54, 1.807) is 19.4 Å². The van der Waals surface area contributed by atoms with Gasteiger partial charge in [0.15, 0.2) is 0 Å². The molecule has 3 N–H and O–H groups in total. The van der Waals surface area contributed by atoms with Crippen molar-refractivity contribution in [1.29, 1.82) is 0 Å². The summed E-state index contributed by atoms with van der Waals surface area (Å²) in [6.07, 6.45) is 3.49. The monoisotopic (exact) mass is 258 g/mol. The van der Waals surface area contributed by atoms with Crippen LogP contribution in [0.15, 0.2) is 42.7 Å². The Bertz CT molecular complexity index is 525. The van der Waals surface area contributed by atoms with E-state index in [0.717, 1.165) is 22.3 Å². The molecule has 1 heterocycles. The number of hydrogen-bond donors (Lipinski definition) is 3. The largest absolute Gasteiger partial charge is 0.394 e. The first kappa shape index (κ1) is 13.7. The number of hydrogen-bond acceptors (Lipinski definition) is 4. The summed E-state index contributed by atoms with van der Waals surface area (Å²) in [4.78, 5) is 4.10. The Kier molecular flexibility index (Phi) is 4.63. The molecule has 2 rings (SSSR count). The van der Waals surface area contributed by atoms with Crippen LogP contribution in [0.25, 0.3) is 11.1 Å². The third-order valence-corrected chi connectivity index (χ3v) is 3.25. The second-order valence-corrected chi connectivity index (χ2v) is 4.30. The molecule has 0 spiro atoms. The van der Waals surface area contributed by atoms with Crippen LogP contribution in [-0.2, 0) is 6.61 Å². The van der Waals surface area contributed by atoms with Crippen LogP contribution in [0.1, 0.15) is 17.2 Å². The molecule has 4 nitrogen and oxygen atoms in total. The quantitative estimate of drug-likeness (QED) is 0.760. The van der Waals surface area contributed by atoms with E-state index >= 15 is 0 Å². The minimum atomic E-state index is -0.182. The van der Waals surface area contributed by atoms with Gasteiger partial charge in [0.25, 0.3) is 0 Å². The van der Waals surface area contributed by atoms with E-state index in [2.05, 4.69) is 10.3 Å². The van der Waals surface area contributed by atoms with E-state index in [4.69, 9.17) is 0 Å². The van der Waals surface area contributed by atoms with Crippen molar-refractivity contribution in [2.45, 2.75) is 12.6 Å². The predicted octanol–water partition coefficient (Wildman–Crippen LogP) is 1.49. The summed E-state index contributed by atoms with van der Waals surface area (Å²) in [6, 6.07) is 9.44. The summed E-state index contributed by atoms with van der Waals surface area (Å²) in [5, 5.41) is 22.1. The summed E-state index contributed by atoms with van der Waals surface area (Å²) < 4.78 is 0. The van der Waals surface area contributed by atoms with Gasteiger partial charge >= 0.3 is 0 Å². The molecule has 0 saturated carbocycles. The van der Waals surface area contributed by atoms with Crippen molar-refractivity contribution in [3.8, 4) is 11.1 Å². The Labute approximate surface area is 112 Å². The maximum absolute atomic E-state index is 9.67. The molecule has 19 heavy (non-hydrogen) atoms. The molecule has 2 aromatic rings. The molecule has 0 aliphatic heterocycles. The van der Waals surface area contributed by atoms with Crippen molar-refractivity contribution in [1.82, 2.24) is 10.3 Å². The van der Waals surface area contributed by atoms with Gasteiger partial charge in [-0.2, -0.15) is 0 Å². The standard InChI is InChI=1S/C15H18N2O2/c1-16-15(10-19)13-6-2-5-12(14(13)9-18)11-4-3-7-17-8-11/h2-8,15-16,18-19H,9-10H2,1H3/t15-/m1/s1. The number of rotatable bonds is 5. The van der Waals surface area contributed by atoms with Gasteiger partial charge in [-0.15, -0.1) is 0 Å². The van der Waals surface area contributed by atoms with Crippen LogP contribution in [0.4, 0.5) is 0 Å². The van der Waals surface area contributed by atoms with Crippen LogP contribution in [-0.4, -0.2) is 28.9 Å². The third-order valence-electron chi connectivity index (χ3n) is 3.25. The molecule has 4 heteroatoms. The molecule has 1 aromatic carbocycles. The van der Waals surface area contributed by atoms with Crippen LogP contribution in [0.5, 0.6) is 0 Å². The maximum Gasteiger partial charge on any atom is 0.0691 e. The van der Waals surface area contributed by atoms with Gasteiger partial charge in [-0.1, -0.05) is 24.3 Å². The van der Waals surface area contributed by atoms with Crippen molar-refractivity contribution in [3.63, 3.8) is 0 Å². The van der Waals surface area contributed by atoms with E-state index in [1.807, 2.05) is 30.3 Å². The summed E-state index contributed by atoms with van der Waals surface area (Å²) in [6.45, 7) is -0.0847. The Morgan fingerprint density at radius 2 is 2.05 bits per heavy atom. The van der Waals surface area contributed by atoms with E-state index in [0.29, 0.717) is 0 Å². The lowest BCUT2D eigenvalue weighted by Crippen LogP contribution is -2.21. The van der Waals surface area contributed by atoms with Gasteiger partial charge in [0.2, 0.25) is 0 Å². The molecule has 0 bridgehead atoms. The summed E-state index contributed by atoms with van der Waals surface area (Å²) >= 11 is 0. The SMILES string of the molecule is CN[C@H](CO)c1cccc(-c2cccnc2)c1CO. The van der Waals surface area contributed by atoms with Crippen LogP contribution < -0.4 is 5.32 Å². The van der Waals surface area contributed by atoms with Gasteiger partial charge in [-0.05, 0) is 29.8 Å². The van der Waals surface area contributed by atoms with Crippen molar-refractivity contribution >= 4 is 0 Å². The van der Waals surface area contributed by atoms with Crippen molar-refractivity contribution < 1.29 is 10.2 Å². The molecule has 1 atom stereocenters. The lowest BCUT2D eigenvalue weighted by atomic mass is 9.93. The van der Waals surface area contributed by atoms with Crippen molar-refractivity contribution in [3.05, 3.63) is 53.9 Å². The first-order valence-electron chi connectivity index (χ1n) is 6.23. The highest BCUT2D eigenvalue weighted by atomic mass is 16.3. The molecule has 0 radical (unpaired) electrons. The fourth-order valence-electron chi connectivity index (χ4n) is 2.25. The Balaban J connectivity index is 2.54. The van der Waals surface area contributed by atoms with Gasteiger partial charge in [0.05, 0.1) is 19.3 Å². The highest BCUT2D eigenvalue weighted by Crippen LogP contribution is 2.29. The molecule has 0 fully saturated rings. The molecule has 100 valence electrons. The molecular weight excluding hydrogens is 240 g/mol. The number of nitrogens with one attached hydrogen (secondary N) is 1. The summed E-state index contributed by atoms with van der Waals surface area (Å²) in [5.74, 6) is 0. The average molecular weight is 258 g/mol. The maximum atomic E-state index is 9.67. The summed E-state index contributed by atoms with van der Waals surface area (Å²) in [7, 11) is 1.79. The number of nitrogens with zero attached hydrogens (tertiary/aromatic N) is 1. The van der Waals surface area contributed by atoms with E-state index < -0.39 is 0 Å². The lowest BCUT2D eigenvalue weighted by Gasteiger charge is -2.19. The summed E-state index contributed by atoms with van der Waals surface area (Å²) in [5.41, 5.74) is 3.64. The van der Waals surface area contributed by atoms with Gasteiger partial charge in [-0.25, -0.2) is 0 Å². The molecule has 0 unspecified atom stereocenters. The Hall–Kier alpha value is -1.75. The second kappa shape index (κ2) is 6.43. The Morgan fingerprint density at radius 1 is 1.21 bits per heavy atom.